The number of nitrogens with zero attached hydrogens (tertiary/aromatic N) is 2. The molecule has 10 heteroatoms. The molecule has 0 atom stereocenters. The second kappa shape index (κ2) is 9.13. The van der Waals surface area contributed by atoms with Crippen molar-refractivity contribution in [1.82, 2.24) is 9.97 Å². The van der Waals surface area contributed by atoms with E-state index in [4.69, 9.17) is 18.9 Å². The number of esters is 1. The number of fused-ring (bicyclic) bond motifs is 3. The van der Waals surface area contributed by atoms with E-state index in [0.29, 0.717) is 17.1 Å². The van der Waals surface area contributed by atoms with Gasteiger partial charge in [0.2, 0.25) is 5.75 Å². The fraction of sp³-hybridized carbons (Fsp3) is 0.217. The van der Waals surface area contributed by atoms with Crippen LogP contribution in [-0.2, 0) is 16.1 Å². The number of rotatable bonds is 8. The number of carbonyl (C=O) groups is 1. The number of hydrogen-bond donors (Lipinski definition) is 1. The maximum atomic E-state index is 12.5. The predicted octanol–water partition coefficient (Wildman–Crippen LogP) is 4.75. The van der Waals surface area contributed by atoms with Gasteiger partial charge in [-0.15, -0.1) is 0 Å². The van der Waals surface area contributed by atoms with Crippen molar-refractivity contribution in [1.29, 1.82) is 0 Å². The van der Waals surface area contributed by atoms with Crippen LogP contribution < -0.4 is 9.47 Å². The molecule has 10 nitrogen and oxygen atoms in total. The lowest BCUT2D eigenvalue weighted by Gasteiger charge is -2.10. The standard InChI is InChI=1S/C23H21N3O7/c1-4-32-23(27)22-16(12-30-2)21-15-9-13(5-7-17(15)25-18(21)11-24-22)33-14-6-8-19(26(28)29)20(10-14)31-3/h5-11,25H,4,12H2,1-3H3. The van der Waals surface area contributed by atoms with Crippen LogP contribution in [0.2, 0.25) is 0 Å². The Hall–Kier alpha value is -4.18. The quantitative estimate of drug-likeness (QED) is 0.231. The highest BCUT2D eigenvalue weighted by Crippen LogP contribution is 2.36. The average Bonchev–Trinajstić information content (AvgIpc) is 3.17. The summed E-state index contributed by atoms with van der Waals surface area (Å²) in [5, 5.41) is 12.7. The Labute approximate surface area is 188 Å². The molecule has 0 aliphatic carbocycles. The minimum atomic E-state index is -0.522. The fourth-order valence-electron chi connectivity index (χ4n) is 3.67. The smallest absolute Gasteiger partial charge is 0.357 e. The molecule has 0 bridgehead atoms. The van der Waals surface area contributed by atoms with Crippen LogP contribution in [0.25, 0.3) is 21.8 Å². The van der Waals surface area contributed by atoms with Crippen molar-refractivity contribution in [3.8, 4) is 17.2 Å². The number of H-pyrrole nitrogens is 1. The first-order chi connectivity index (χ1) is 16.0. The Bertz CT molecular complexity index is 1360. The first-order valence-electron chi connectivity index (χ1n) is 10.1. The van der Waals surface area contributed by atoms with Gasteiger partial charge in [-0.1, -0.05) is 0 Å². The minimum absolute atomic E-state index is 0.0956. The van der Waals surface area contributed by atoms with Crippen LogP contribution >= 0.6 is 0 Å². The van der Waals surface area contributed by atoms with E-state index in [9.17, 15) is 14.9 Å². The van der Waals surface area contributed by atoms with Gasteiger partial charge in [0.1, 0.15) is 11.5 Å². The Balaban J connectivity index is 1.81. The SMILES string of the molecule is CCOC(=O)c1ncc2[nH]c3ccc(Oc4ccc([N+](=O)[O-])c(OC)c4)cc3c2c1COC. The summed E-state index contributed by atoms with van der Waals surface area (Å²) in [5.74, 6) is 0.448. The summed E-state index contributed by atoms with van der Waals surface area (Å²) in [6.07, 6.45) is 1.59. The molecule has 0 aliphatic heterocycles. The normalized spacial score (nSPS) is 11.0. The van der Waals surface area contributed by atoms with E-state index in [-0.39, 0.29) is 30.3 Å². The molecule has 170 valence electrons. The Morgan fingerprint density at radius 3 is 2.58 bits per heavy atom. The summed E-state index contributed by atoms with van der Waals surface area (Å²) < 4.78 is 21.5. The maximum absolute atomic E-state index is 12.5. The number of hydrogen-bond acceptors (Lipinski definition) is 8. The summed E-state index contributed by atoms with van der Waals surface area (Å²) in [5.41, 5.74) is 2.20. The number of nitrogens with one attached hydrogen (secondary N) is 1. The Kier molecular flexibility index (Phi) is 6.09. The highest BCUT2D eigenvalue weighted by Gasteiger charge is 2.21. The number of pyridine rings is 1. The number of carbonyl (C=O) groups excluding carboxylic acids is 1. The van der Waals surface area contributed by atoms with E-state index in [2.05, 4.69) is 9.97 Å². The van der Waals surface area contributed by atoms with Gasteiger partial charge in [0.05, 0.1) is 37.0 Å². The van der Waals surface area contributed by atoms with Gasteiger partial charge >= 0.3 is 11.7 Å². The summed E-state index contributed by atoms with van der Waals surface area (Å²) in [7, 11) is 2.90. The first-order valence-corrected chi connectivity index (χ1v) is 10.1. The molecule has 4 rings (SSSR count). The third-order valence-electron chi connectivity index (χ3n) is 5.05. The Morgan fingerprint density at radius 1 is 1.12 bits per heavy atom. The monoisotopic (exact) mass is 451 g/mol. The number of aromatic nitrogens is 2. The molecule has 2 heterocycles. The molecule has 0 saturated carbocycles. The zero-order valence-electron chi connectivity index (χ0n) is 18.2. The third-order valence-corrected chi connectivity index (χ3v) is 5.05. The predicted molar refractivity (Wildman–Crippen MR) is 120 cm³/mol. The topological polar surface area (TPSA) is 126 Å². The van der Waals surface area contributed by atoms with Crippen LogP contribution in [0.3, 0.4) is 0 Å². The first kappa shape index (κ1) is 22.0. The molecule has 0 spiro atoms. The average molecular weight is 451 g/mol. The summed E-state index contributed by atoms with van der Waals surface area (Å²) in [4.78, 5) is 30.6. The number of methoxy groups -OCH3 is 2. The van der Waals surface area contributed by atoms with Crippen molar-refractivity contribution in [3.05, 3.63) is 64.0 Å². The van der Waals surface area contributed by atoms with Crippen LogP contribution in [0.5, 0.6) is 17.2 Å². The van der Waals surface area contributed by atoms with E-state index in [1.807, 2.05) is 12.1 Å². The van der Waals surface area contributed by atoms with Crippen molar-refractivity contribution in [2.45, 2.75) is 13.5 Å². The van der Waals surface area contributed by atoms with Gasteiger partial charge in [-0.3, -0.25) is 10.1 Å². The lowest BCUT2D eigenvalue weighted by Crippen LogP contribution is -2.11. The van der Waals surface area contributed by atoms with Crippen molar-refractivity contribution in [2.75, 3.05) is 20.8 Å². The molecule has 0 amide bonds. The van der Waals surface area contributed by atoms with Crippen molar-refractivity contribution < 1.29 is 28.7 Å². The van der Waals surface area contributed by atoms with Crippen molar-refractivity contribution in [3.63, 3.8) is 0 Å². The number of nitro benzene ring substituents is 1. The summed E-state index contributed by atoms with van der Waals surface area (Å²) in [6, 6.07) is 9.70. The molecule has 2 aromatic heterocycles. The summed E-state index contributed by atoms with van der Waals surface area (Å²) >= 11 is 0. The highest BCUT2D eigenvalue weighted by molar-refractivity contribution is 6.11. The molecule has 0 unspecified atom stereocenters. The highest BCUT2D eigenvalue weighted by atomic mass is 16.6. The molecular weight excluding hydrogens is 430 g/mol. The molecule has 4 aromatic rings. The number of benzene rings is 2. The second-order valence-corrected chi connectivity index (χ2v) is 7.05. The van der Waals surface area contributed by atoms with Gasteiger partial charge < -0.3 is 23.9 Å². The van der Waals surface area contributed by atoms with Gasteiger partial charge in [-0.05, 0) is 31.2 Å². The molecule has 0 aliphatic rings. The third kappa shape index (κ3) is 4.15. The number of aromatic amines is 1. The van der Waals surface area contributed by atoms with Crippen LogP contribution in [0.1, 0.15) is 23.0 Å². The van der Waals surface area contributed by atoms with Gasteiger partial charge in [0.25, 0.3) is 0 Å². The van der Waals surface area contributed by atoms with Crippen LogP contribution in [0.15, 0.2) is 42.6 Å². The molecule has 0 saturated heterocycles. The van der Waals surface area contributed by atoms with Crippen molar-refractivity contribution >= 4 is 33.5 Å². The lowest BCUT2D eigenvalue weighted by atomic mass is 10.1. The minimum Gasteiger partial charge on any atom is -0.490 e. The van der Waals surface area contributed by atoms with Gasteiger partial charge in [0.15, 0.2) is 5.69 Å². The zero-order chi connectivity index (χ0) is 23.5. The van der Waals surface area contributed by atoms with E-state index in [1.54, 1.807) is 26.3 Å². The van der Waals surface area contributed by atoms with Gasteiger partial charge in [0, 0.05) is 41.1 Å². The van der Waals surface area contributed by atoms with Crippen molar-refractivity contribution in [2.24, 2.45) is 0 Å². The summed E-state index contributed by atoms with van der Waals surface area (Å²) in [6.45, 7) is 2.13. The second-order valence-electron chi connectivity index (χ2n) is 7.05. The molecule has 33 heavy (non-hydrogen) atoms. The zero-order valence-corrected chi connectivity index (χ0v) is 18.2. The van der Waals surface area contributed by atoms with Crippen LogP contribution in [0, 0.1) is 10.1 Å². The largest absolute Gasteiger partial charge is 0.490 e. The van der Waals surface area contributed by atoms with Gasteiger partial charge in [-0.25, -0.2) is 9.78 Å². The maximum Gasteiger partial charge on any atom is 0.357 e. The molecule has 2 aromatic carbocycles. The van der Waals surface area contributed by atoms with Gasteiger partial charge in [-0.2, -0.15) is 0 Å². The van der Waals surface area contributed by atoms with E-state index < -0.39 is 10.9 Å². The van der Waals surface area contributed by atoms with Crippen LogP contribution in [0.4, 0.5) is 5.69 Å². The number of nitro groups is 1. The van der Waals surface area contributed by atoms with E-state index in [0.717, 1.165) is 21.8 Å². The molecular formula is C23H21N3O7. The van der Waals surface area contributed by atoms with E-state index >= 15 is 0 Å². The number of ether oxygens (including phenoxy) is 4. The lowest BCUT2D eigenvalue weighted by molar-refractivity contribution is -0.385. The van der Waals surface area contributed by atoms with Crippen LogP contribution in [-0.4, -0.2) is 41.7 Å². The molecule has 0 fully saturated rings. The molecule has 0 radical (unpaired) electrons. The fourth-order valence-corrected chi connectivity index (χ4v) is 3.67. The van der Waals surface area contributed by atoms with E-state index in [1.165, 1.54) is 25.3 Å². The molecule has 1 N–H and O–H groups in total. The Morgan fingerprint density at radius 2 is 1.88 bits per heavy atom.